The van der Waals surface area contributed by atoms with E-state index in [0.717, 1.165) is 19.1 Å². The molecule has 0 aliphatic heterocycles. The van der Waals surface area contributed by atoms with Gasteiger partial charge in [0.05, 0.1) is 6.61 Å². The number of hydrogen-bond acceptors (Lipinski definition) is 2. The molecule has 0 fully saturated rings. The molecule has 0 aromatic rings. The van der Waals surface area contributed by atoms with E-state index in [1.165, 1.54) is 0 Å². The predicted octanol–water partition coefficient (Wildman–Crippen LogP) is 1.56. The molecule has 0 aliphatic rings. The number of carbonyl (C=O) groups excluding carboxylic acids is 1. The van der Waals surface area contributed by atoms with Gasteiger partial charge in [-0.1, -0.05) is 19.1 Å². The lowest BCUT2D eigenvalue weighted by molar-refractivity contribution is -0.111. The molecule has 2 nitrogen and oxygen atoms in total. The average Bonchev–Trinajstić information content (AvgIpc) is 1.97. The Labute approximate surface area is 61.9 Å². The lowest BCUT2D eigenvalue weighted by atomic mass is 10.3. The molecule has 0 amide bonds. The van der Waals surface area contributed by atoms with Gasteiger partial charge in [0, 0.05) is 0 Å². The first-order valence-electron chi connectivity index (χ1n) is 3.58. The maximum Gasteiger partial charge on any atom is 0.145 e. The molecule has 0 saturated heterocycles. The van der Waals surface area contributed by atoms with Crippen molar-refractivity contribution in [1.29, 1.82) is 0 Å². The highest BCUT2D eigenvalue weighted by Gasteiger charge is 1.81. The third kappa shape index (κ3) is 7.37. The quantitative estimate of drug-likeness (QED) is 0.319. The minimum Gasteiger partial charge on any atom is -0.374 e. The van der Waals surface area contributed by atoms with Crippen LogP contribution in [0.5, 0.6) is 0 Å². The summed E-state index contributed by atoms with van der Waals surface area (Å²) >= 11 is 0. The molecule has 0 saturated carbocycles. The van der Waals surface area contributed by atoms with E-state index in [2.05, 4.69) is 19.1 Å². The molecule has 0 radical (unpaired) electrons. The molecule has 0 aliphatic carbocycles. The SMILES string of the molecule is CC/C=C\CCOCC=O. The van der Waals surface area contributed by atoms with Gasteiger partial charge in [-0.3, -0.25) is 0 Å². The van der Waals surface area contributed by atoms with Crippen LogP contribution < -0.4 is 0 Å². The normalized spacial score (nSPS) is 10.5. The van der Waals surface area contributed by atoms with Gasteiger partial charge in [-0.05, 0) is 12.8 Å². The van der Waals surface area contributed by atoms with Crippen LogP contribution in [0.4, 0.5) is 0 Å². The van der Waals surface area contributed by atoms with Gasteiger partial charge in [0.2, 0.25) is 0 Å². The van der Waals surface area contributed by atoms with Crippen LogP contribution in [-0.4, -0.2) is 19.5 Å². The van der Waals surface area contributed by atoms with Crippen LogP contribution in [0.1, 0.15) is 19.8 Å². The van der Waals surface area contributed by atoms with E-state index in [9.17, 15) is 4.79 Å². The Kier molecular flexibility index (Phi) is 7.84. The van der Waals surface area contributed by atoms with Gasteiger partial charge >= 0.3 is 0 Å². The van der Waals surface area contributed by atoms with Crippen LogP contribution in [0.25, 0.3) is 0 Å². The number of carbonyl (C=O) groups is 1. The zero-order valence-corrected chi connectivity index (χ0v) is 6.38. The third-order valence-corrected chi connectivity index (χ3v) is 1.02. The summed E-state index contributed by atoms with van der Waals surface area (Å²) in [7, 11) is 0. The van der Waals surface area contributed by atoms with Gasteiger partial charge in [0.15, 0.2) is 0 Å². The maximum absolute atomic E-state index is 9.75. The van der Waals surface area contributed by atoms with Crippen molar-refractivity contribution in [3.8, 4) is 0 Å². The fourth-order valence-electron chi connectivity index (χ4n) is 0.567. The predicted molar refractivity (Wildman–Crippen MR) is 40.9 cm³/mol. The monoisotopic (exact) mass is 142 g/mol. The van der Waals surface area contributed by atoms with E-state index in [1.807, 2.05) is 0 Å². The summed E-state index contributed by atoms with van der Waals surface area (Å²) in [5.74, 6) is 0. The Morgan fingerprint density at radius 2 is 2.20 bits per heavy atom. The second-order valence-corrected chi connectivity index (χ2v) is 1.91. The molecule has 0 bridgehead atoms. The summed E-state index contributed by atoms with van der Waals surface area (Å²) in [6, 6.07) is 0. The molecule has 10 heavy (non-hydrogen) atoms. The summed E-state index contributed by atoms with van der Waals surface area (Å²) in [6.45, 7) is 2.96. The Bertz CT molecular complexity index is 97.4. The minimum absolute atomic E-state index is 0.222. The average molecular weight is 142 g/mol. The minimum atomic E-state index is 0.222. The molecular formula is C8H14O2. The van der Waals surface area contributed by atoms with Gasteiger partial charge in [0.1, 0.15) is 12.9 Å². The molecule has 0 aromatic heterocycles. The van der Waals surface area contributed by atoms with E-state index in [0.29, 0.717) is 6.61 Å². The van der Waals surface area contributed by atoms with Crippen molar-refractivity contribution in [1.82, 2.24) is 0 Å². The Morgan fingerprint density at radius 3 is 2.80 bits per heavy atom. The molecule has 0 unspecified atom stereocenters. The van der Waals surface area contributed by atoms with Crippen LogP contribution in [-0.2, 0) is 9.53 Å². The van der Waals surface area contributed by atoms with Gasteiger partial charge in [0.25, 0.3) is 0 Å². The van der Waals surface area contributed by atoms with Crippen LogP contribution in [0.15, 0.2) is 12.2 Å². The molecule has 0 spiro atoms. The van der Waals surface area contributed by atoms with E-state index in [4.69, 9.17) is 4.74 Å². The zero-order valence-electron chi connectivity index (χ0n) is 6.38. The van der Waals surface area contributed by atoms with Crippen LogP contribution in [0, 0.1) is 0 Å². The molecule has 58 valence electrons. The van der Waals surface area contributed by atoms with Gasteiger partial charge in [-0.25, -0.2) is 0 Å². The lowest BCUT2D eigenvalue weighted by Gasteiger charge is -1.93. The first-order valence-corrected chi connectivity index (χ1v) is 3.58. The van der Waals surface area contributed by atoms with Crippen molar-refractivity contribution < 1.29 is 9.53 Å². The van der Waals surface area contributed by atoms with Crippen molar-refractivity contribution in [2.45, 2.75) is 19.8 Å². The van der Waals surface area contributed by atoms with Gasteiger partial charge < -0.3 is 9.53 Å². The first-order chi connectivity index (χ1) is 4.91. The van der Waals surface area contributed by atoms with Crippen molar-refractivity contribution >= 4 is 6.29 Å². The van der Waals surface area contributed by atoms with E-state index in [-0.39, 0.29) is 6.61 Å². The molecular weight excluding hydrogens is 128 g/mol. The van der Waals surface area contributed by atoms with Gasteiger partial charge in [-0.15, -0.1) is 0 Å². The topological polar surface area (TPSA) is 26.3 Å². The molecule has 0 N–H and O–H groups in total. The largest absolute Gasteiger partial charge is 0.374 e. The second kappa shape index (κ2) is 8.37. The molecule has 0 rings (SSSR count). The number of ether oxygens (including phenoxy) is 1. The van der Waals surface area contributed by atoms with Crippen molar-refractivity contribution in [2.75, 3.05) is 13.2 Å². The fraction of sp³-hybridized carbons (Fsp3) is 0.625. The van der Waals surface area contributed by atoms with E-state index >= 15 is 0 Å². The summed E-state index contributed by atoms with van der Waals surface area (Å²) in [5.41, 5.74) is 0. The number of allylic oxidation sites excluding steroid dienone is 1. The first kappa shape index (κ1) is 9.37. The highest BCUT2D eigenvalue weighted by atomic mass is 16.5. The second-order valence-electron chi connectivity index (χ2n) is 1.91. The number of hydrogen-bond donors (Lipinski definition) is 0. The van der Waals surface area contributed by atoms with Crippen molar-refractivity contribution in [2.24, 2.45) is 0 Å². The molecule has 0 heterocycles. The highest BCUT2D eigenvalue weighted by Crippen LogP contribution is 1.86. The summed E-state index contributed by atoms with van der Waals surface area (Å²) in [4.78, 5) is 9.75. The third-order valence-electron chi connectivity index (χ3n) is 1.02. The Balaban J connectivity index is 2.89. The lowest BCUT2D eigenvalue weighted by Crippen LogP contribution is -1.95. The van der Waals surface area contributed by atoms with Crippen molar-refractivity contribution in [3.63, 3.8) is 0 Å². The highest BCUT2D eigenvalue weighted by molar-refractivity contribution is 5.50. The van der Waals surface area contributed by atoms with E-state index < -0.39 is 0 Å². The number of aldehydes is 1. The summed E-state index contributed by atoms with van der Waals surface area (Å²) in [6.07, 6.45) is 6.88. The smallest absolute Gasteiger partial charge is 0.145 e. The maximum atomic E-state index is 9.75. The van der Waals surface area contributed by atoms with Crippen molar-refractivity contribution in [3.05, 3.63) is 12.2 Å². The van der Waals surface area contributed by atoms with E-state index in [1.54, 1.807) is 0 Å². The standard InChI is InChI=1S/C8H14O2/c1-2-3-4-5-7-10-8-6-9/h3-4,6H,2,5,7-8H2,1H3/b4-3-. The van der Waals surface area contributed by atoms with Crippen LogP contribution >= 0.6 is 0 Å². The zero-order chi connectivity index (χ0) is 7.66. The van der Waals surface area contributed by atoms with Gasteiger partial charge in [-0.2, -0.15) is 0 Å². The molecule has 2 heteroatoms. The fourth-order valence-corrected chi connectivity index (χ4v) is 0.567. The summed E-state index contributed by atoms with van der Waals surface area (Å²) in [5, 5.41) is 0. The number of rotatable bonds is 6. The molecule has 0 aromatic carbocycles. The van der Waals surface area contributed by atoms with Crippen LogP contribution in [0.3, 0.4) is 0 Å². The van der Waals surface area contributed by atoms with Crippen LogP contribution in [0.2, 0.25) is 0 Å². The summed E-state index contributed by atoms with van der Waals surface area (Å²) < 4.78 is 4.91. The Morgan fingerprint density at radius 1 is 1.40 bits per heavy atom. The Hall–Kier alpha value is -0.630. The molecule has 0 atom stereocenters.